The highest BCUT2D eigenvalue weighted by Gasteiger charge is 2.10. The maximum Gasteiger partial charge on any atom is 0.343 e. The normalized spacial score (nSPS) is 10.9. The van der Waals surface area contributed by atoms with Crippen LogP contribution in [0.2, 0.25) is 10.0 Å². The lowest BCUT2D eigenvalue weighted by molar-refractivity contribution is 0.0734. The average Bonchev–Trinajstić information content (AvgIpc) is 3.29. The monoisotopic (exact) mass is 497 g/mol. The summed E-state index contributed by atoms with van der Waals surface area (Å²) in [5.74, 6) is 0.665. The number of nitrogens with one attached hydrogen (secondary N) is 1. The van der Waals surface area contributed by atoms with Gasteiger partial charge in [-0.2, -0.15) is 5.10 Å². The predicted octanol–water partition coefficient (Wildman–Crippen LogP) is 6.79. The molecule has 33 heavy (non-hydrogen) atoms. The van der Waals surface area contributed by atoms with Gasteiger partial charge in [0.05, 0.1) is 29.6 Å². The van der Waals surface area contributed by atoms with Crippen molar-refractivity contribution >= 4 is 51.9 Å². The topological polar surface area (TPSA) is 72.8 Å². The molecular weight excluding hydrogens is 481 g/mol. The van der Waals surface area contributed by atoms with Crippen molar-refractivity contribution in [1.29, 1.82) is 0 Å². The van der Waals surface area contributed by atoms with E-state index in [2.05, 4.69) is 15.5 Å². The number of benzene rings is 3. The molecule has 1 aromatic heterocycles. The number of esters is 1. The zero-order chi connectivity index (χ0) is 23.2. The number of rotatable bonds is 7. The van der Waals surface area contributed by atoms with Crippen molar-refractivity contribution in [3.05, 3.63) is 93.3 Å². The molecule has 4 aromatic rings. The number of halogens is 2. The molecule has 0 radical (unpaired) electrons. The predicted molar refractivity (Wildman–Crippen MR) is 133 cm³/mol. The number of anilines is 1. The Morgan fingerprint density at radius 1 is 1.03 bits per heavy atom. The third kappa shape index (κ3) is 5.90. The molecule has 0 unspecified atom stereocenters. The molecule has 4 rings (SSSR count). The Hall–Kier alpha value is -3.39. The second-order valence-corrected chi connectivity index (χ2v) is 8.42. The number of carbonyl (C=O) groups is 1. The number of aromatic nitrogens is 1. The van der Waals surface area contributed by atoms with Crippen LogP contribution in [0.1, 0.15) is 15.9 Å². The Balaban J connectivity index is 1.34. The van der Waals surface area contributed by atoms with E-state index in [0.717, 1.165) is 16.8 Å². The van der Waals surface area contributed by atoms with Gasteiger partial charge < -0.3 is 9.47 Å². The van der Waals surface area contributed by atoms with Gasteiger partial charge in [0.15, 0.2) is 0 Å². The first-order chi connectivity index (χ1) is 16.0. The number of hydrogen-bond acceptors (Lipinski definition) is 7. The van der Waals surface area contributed by atoms with E-state index in [4.69, 9.17) is 32.7 Å². The van der Waals surface area contributed by atoms with Crippen molar-refractivity contribution < 1.29 is 14.3 Å². The van der Waals surface area contributed by atoms with Crippen LogP contribution in [-0.4, -0.2) is 24.3 Å². The van der Waals surface area contributed by atoms with Crippen molar-refractivity contribution in [3.63, 3.8) is 0 Å². The number of methoxy groups -OCH3 is 1. The number of ether oxygens (including phenoxy) is 2. The van der Waals surface area contributed by atoms with E-state index in [9.17, 15) is 4.79 Å². The lowest BCUT2D eigenvalue weighted by atomic mass is 10.2. The van der Waals surface area contributed by atoms with E-state index < -0.39 is 5.97 Å². The molecule has 0 saturated carbocycles. The van der Waals surface area contributed by atoms with E-state index >= 15 is 0 Å². The third-order valence-corrected chi connectivity index (χ3v) is 5.80. The summed E-state index contributed by atoms with van der Waals surface area (Å²) >= 11 is 13.6. The van der Waals surface area contributed by atoms with Crippen molar-refractivity contribution in [3.8, 4) is 22.8 Å². The molecule has 0 amide bonds. The van der Waals surface area contributed by atoms with Crippen molar-refractivity contribution in [1.82, 2.24) is 4.98 Å². The average molecular weight is 498 g/mol. The van der Waals surface area contributed by atoms with Gasteiger partial charge in [-0.1, -0.05) is 23.2 Å². The number of thiazole rings is 1. The minimum Gasteiger partial charge on any atom is -0.497 e. The Morgan fingerprint density at radius 2 is 1.76 bits per heavy atom. The highest BCUT2D eigenvalue weighted by Crippen LogP contribution is 2.32. The van der Waals surface area contributed by atoms with Gasteiger partial charge in [0, 0.05) is 16.0 Å². The van der Waals surface area contributed by atoms with Gasteiger partial charge in [-0.3, -0.25) is 5.43 Å². The SMILES string of the molecule is COc1ccc(C(=O)Oc2ccc(/C=N\Nc3nc(-c4ccc(Cl)cc4Cl)cs3)cc2)cc1. The first kappa shape index (κ1) is 22.8. The first-order valence-electron chi connectivity index (χ1n) is 9.68. The minimum absolute atomic E-state index is 0.435. The first-order valence-corrected chi connectivity index (χ1v) is 11.3. The minimum atomic E-state index is -0.443. The molecule has 0 fully saturated rings. The van der Waals surface area contributed by atoms with E-state index in [-0.39, 0.29) is 0 Å². The molecule has 6 nitrogen and oxygen atoms in total. The summed E-state index contributed by atoms with van der Waals surface area (Å²) in [6, 6.07) is 19.0. The van der Waals surface area contributed by atoms with Crippen LogP contribution in [0.5, 0.6) is 11.5 Å². The van der Waals surface area contributed by atoms with Gasteiger partial charge in [-0.05, 0) is 72.3 Å². The quantitative estimate of drug-likeness (QED) is 0.131. The van der Waals surface area contributed by atoms with E-state index in [0.29, 0.717) is 32.2 Å². The second kappa shape index (κ2) is 10.5. The van der Waals surface area contributed by atoms with E-state index in [1.807, 2.05) is 11.4 Å². The van der Waals surface area contributed by atoms with Crippen molar-refractivity contribution in [2.45, 2.75) is 0 Å². The van der Waals surface area contributed by atoms with Crippen molar-refractivity contribution in [2.75, 3.05) is 12.5 Å². The second-order valence-electron chi connectivity index (χ2n) is 6.72. The molecule has 0 aliphatic heterocycles. The fourth-order valence-electron chi connectivity index (χ4n) is 2.82. The Labute approximate surface area is 204 Å². The van der Waals surface area contributed by atoms with Crippen LogP contribution >= 0.6 is 34.5 Å². The molecule has 1 heterocycles. The summed E-state index contributed by atoms with van der Waals surface area (Å²) in [5.41, 5.74) is 5.70. The van der Waals surface area contributed by atoms with Crippen LogP contribution < -0.4 is 14.9 Å². The van der Waals surface area contributed by atoms with Gasteiger partial charge in [0.25, 0.3) is 0 Å². The van der Waals surface area contributed by atoms with Crippen LogP contribution in [-0.2, 0) is 0 Å². The van der Waals surface area contributed by atoms with E-state index in [1.54, 1.807) is 74.0 Å². The molecule has 0 aliphatic carbocycles. The zero-order valence-corrected chi connectivity index (χ0v) is 19.6. The standard InChI is InChI=1S/C24H17Cl2N3O3S/c1-31-18-9-4-16(5-10-18)23(30)32-19-7-2-15(3-8-19)13-27-29-24-28-22(14-33-24)20-11-6-17(25)12-21(20)26/h2-14H,1H3,(H,28,29)/b27-13-. The van der Waals surface area contributed by atoms with Gasteiger partial charge in [0.2, 0.25) is 5.13 Å². The third-order valence-electron chi connectivity index (χ3n) is 4.50. The lowest BCUT2D eigenvalue weighted by Gasteiger charge is -2.05. The Morgan fingerprint density at radius 3 is 2.45 bits per heavy atom. The Kier molecular flexibility index (Phi) is 7.24. The smallest absolute Gasteiger partial charge is 0.343 e. The molecule has 1 N–H and O–H groups in total. The summed E-state index contributed by atoms with van der Waals surface area (Å²) in [6.07, 6.45) is 1.64. The highest BCUT2D eigenvalue weighted by atomic mass is 35.5. The van der Waals surface area contributed by atoms with Crippen LogP contribution in [0.3, 0.4) is 0 Å². The molecule has 9 heteroatoms. The number of carbonyl (C=O) groups excluding carboxylic acids is 1. The molecule has 0 atom stereocenters. The zero-order valence-electron chi connectivity index (χ0n) is 17.3. The maximum atomic E-state index is 12.2. The van der Waals surface area contributed by atoms with E-state index in [1.165, 1.54) is 11.3 Å². The molecule has 0 saturated heterocycles. The molecule has 0 bridgehead atoms. The summed E-state index contributed by atoms with van der Waals surface area (Å²) in [5, 5.41) is 7.83. The van der Waals surface area contributed by atoms with Gasteiger partial charge in [0.1, 0.15) is 11.5 Å². The summed E-state index contributed by atoms with van der Waals surface area (Å²) in [7, 11) is 1.57. The summed E-state index contributed by atoms with van der Waals surface area (Å²) in [4.78, 5) is 16.7. The molecule has 3 aromatic carbocycles. The van der Waals surface area contributed by atoms with Crippen LogP contribution in [0.25, 0.3) is 11.3 Å². The fraction of sp³-hybridized carbons (Fsp3) is 0.0417. The number of hydrazone groups is 1. The van der Waals surface area contributed by atoms with Crippen LogP contribution in [0.15, 0.2) is 77.2 Å². The maximum absolute atomic E-state index is 12.2. The van der Waals surface area contributed by atoms with Gasteiger partial charge in [-0.25, -0.2) is 9.78 Å². The van der Waals surface area contributed by atoms with Gasteiger partial charge in [-0.15, -0.1) is 11.3 Å². The molecule has 0 aliphatic rings. The molecule has 166 valence electrons. The van der Waals surface area contributed by atoms with Gasteiger partial charge >= 0.3 is 5.97 Å². The molecule has 0 spiro atoms. The van der Waals surface area contributed by atoms with Crippen LogP contribution in [0, 0.1) is 0 Å². The number of hydrogen-bond donors (Lipinski definition) is 1. The Bertz CT molecular complexity index is 1290. The largest absolute Gasteiger partial charge is 0.497 e. The highest BCUT2D eigenvalue weighted by molar-refractivity contribution is 7.14. The number of nitrogens with zero attached hydrogens (tertiary/aromatic N) is 2. The molecular formula is C24H17Cl2N3O3S. The van der Waals surface area contributed by atoms with Crippen molar-refractivity contribution in [2.24, 2.45) is 5.10 Å². The lowest BCUT2D eigenvalue weighted by Crippen LogP contribution is -2.08. The fourth-order valence-corrected chi connectivity index (χ4v) is 3.99. The summed E-state index contributed by atoms with van der Waals surface area (Å²) in [6.45, 7) is 0. The van der Waals surface area contributed by atoms with Crippen LogP contribution in [0.4, 0.5) is 5.13 Å². The summed E-state index contributed by atoms with van der Waals surface area (Å²) < 4.78 is 10.5.